The number of carbonyl (C=O) groups is 3. The van der Waals surface area contributed by atoms with Crippen molar-refractivity contribution in [3.8, 4) is 22.9 Å². The largest absolute Gasteiger partial charge is 0.494 e. The Hall–Kier alpha value is -5.84. The Bertz CT molecular complexity index is 1790. The molecule has 4 aromatic rings. The number of para-hydroxylation sites is 1. The number of aryl methyl sites for hydroxylation is 1. The van der Waals surface area contributed by atoms with Crippen molar-refractivity contribution in [2.75, 3.05) is 31.8 Å². The number of nitrogens with one attached hydrogen (secondary N) is 3. The molecule has 5 rings (SSSR count). The maximum atomic E-state index is 13.2. The number of hydrogen-bond acceptors (Lipinski definition) is 10. The molecule has 1 aliphatic carbocycles. The Morgan fingerprint density at radius 2 is 1.93 bits per heavy atom. The van der Waals surface area contributed by atoms with Gasteiger partial charge in [-0.2, -0.15) is 10.4 Å². The van der Waals surface area contributed by atoms with Crippen LogP contribution in [0.25, 0.3) is 11.1 Å². The normalized spacial score (nSPS) is 12.2. The monoisotopic (exact) mass is 594 g/mol. The van der Waals surface area contributed by atoms with Crippen molar-refractivity contribution >= 4 is 34.9 Å². The number of nitrogens with zero attached hydrogens (tertiary/aromatic N) is 7. The van der Waals surface area contributed by atoms with Crippen LogP contribution in [-0.2, 0) is 18.4 Å². The summed E-state index contributed by atoms with van der Waals surface area (Å²) in [6.45, 7) is 0.253. The topological polar surface area (TPSA) is 180 Å². The number of rotatable bonds is 10. The molecule has 14 heteroatoms. The number of benzene rings is 1. The number of carbonyl (C=O) groups excluding carboxylic acids is 3. The number of pyridine rings is 1. The van der Waals surface area contributed by atoms with E-state index < -0.39 is 11.8 Å². The van der Waals surface area contributed by atoms with Gasteiger partial charge in [0, 0.05) is 56.6 Å². The van der Waals surface area contributed by atoms with Crippen LogP contribution in [0.5, 0.6) is 5.75 Å². The lowest BCUT2D eigenvalue weighted by Crippen LogP contribution is -2.28. The van der Waals surface area contributed by atoms with E-state index >= 15 is 0 Å². The van der Waals surface area contributed by atoms with Crippen LogP contribution in [-0.4, -0.2) is 68.8 Å². The quantitative estimate of drug-likeness (QED) is 0.247. The first-order chi connectivity index (χ1) is 21.2. The molecule has 1 fully saturated rings. The van der Waals surface area contributed by atoms with Gasteiger partial charge in [-0.15, -0.1) is 10.2 Å². The second-order valence-corrected chi connectivity index (χ2v) is 10.2. The summed E-state index contributed by atoms with van der Waals surface area (Å²) in [6.07, 6.45) is 4.93. The maximum absolute atomic E-state index is 13.2. The van der Waals surface area contributed by atoms with Crippen molar-refractivity contribution in [1.82, 2.24) is 35.2 Å². The number of ether oxygens (including phenoxy) is 1. The van der Waals surface area contributed by atoms with Crippen molar-refractivity contribution in [3.63, 3.8) is 0 Å². The lowest BCUT2D eigenvalue weighted by Gasteiger charge is -2.18. The lowest BCUT2D eigenvalue weighted by atomic mass is 10.0. The Kier molecular flexibility index (Phi) is 8.47. The van der Waals surface area contributed by atoms with E-state index in [1.165, 1.54) is 31.3 Å². The minimum absolute atomic E-state index is 0.00972. The molecule has 0 bridgehead atoms. The molecule has 3 aromatic heterocycles. The average Bonchev–Trinajstić information content (AvgIpc) is 3.81. The van der Waals surface area contributed by atoms with E-state index in [-0.39, 0.29) is 46.8 Å². The fourth-order valence-electron chi connectivity index (χ4n) is 4.55. The van der Waals surface area contributed by atoms with Crippen molar-refractivity contribution in [3.05, 3.63) is 71.4 Å². The van der Waals surface area contributed by atoms with Gasteiger partial charge in [-0.3, -0.25) is 19.1 Å². The van der Waals surface area contributed by atoms with Gasteiger partial charge in [0.1, 0.15) is 17.5 Å². The summed E-state index contributed by atoms with van der Waals surface area (Å²) in [7, 11) is 6.37. The molecule has 3 N–H and O–H groups in total. The smallest absolute Gasteiger partial charge is 0.273 e. The molecular formula is C30H30N10O4. The summed E-state index contributed by atoms with van der Waals surface area (Å²) in [6, 6.07) is 12.3. The molecular weight excluding hydrogens is 564 g/mol. The van der Waals surface area contributed by atoms with Gasteiger partial charge in [-0.1, -0.05) is 12.1 Å². The highest BCUT2D eigenvalue weighted by Gasteiger charge is 2.30. The molecule has 3 amide bonds. The van der Waals surface area contributed by atoms with Crippen LogP contribution >= 0.6 is 0 Å². The summed E-state index contributed by atoms with van der Waals surface area (Å²) in [4.78, 5) is 43.9. The molecule has 0 radical (unpaired) electrons. The molecule has 1 aliphatic rings. The third-order valence-electron chi connectivity index (χ3n) is 6.96. The Labute approximate surface area is 253 Å². The zero-order valence-electron chi connectivity index (χ0n) is 24.6. The fourth-order valence-corrected chi connectivity index (χ4v) is 4.55. The number of hydrogen-bond donors (Lipinski definition) is 3. The van der Waals surface area contributed by atoms with Crippen molar-refractivity contribution in [1.29, 1.82) is 5.26 Å². The summed E-state index contributed by atoms with van der Waals surface area (Å²) in [5, 5.41) is 30.7. The molecule has 224 valence electrons. The molecule has 3 heterocycles. The summed E-state index contributed by atoms with van der Waals surface area (Å²) in [5.41, 5.74) is 2.68. The first kappa shape index (κ1) is 29.6. The van der Waals surface area contributed by atoms with Gasteiger partial charge in [-0.05, 0) is 31.0 Å². The van der Waals surface area contributed by atoms with Gasteiger partial charge in [0.05, 0.1) is 36.3 Å². The SMILES string of the molecule is CNC(=O)c1nnc(NC(=O)C2CC2)cc1Nc1cccc(-c2cnc(C(=O)N(C)Cc3ccn(C)n3)c(C#N)c2)c1OC. The predicted octanol–water partition coefficient (Wildman–Crippen LogP) is 2.88. The van der Waals surface area contributed by atoms with Gasteiger partial charge < -0.3 is 25.6 Å². The first-order valence-corrected chi connectivity index (χ1v) is 13.7. The van der Waals surface area contributed by atoms with Crippen LogP contribution in [0.15, 0.2) is 48.8 Å². The van der Waals surface area contributed by atoms with Crippen LogP contribution in [0.1, 0.15) is 45.1 Å². The van der Waals surface area contributed by atoms with E-state index in [1.54, 1.807) is 49.2 Å². The minimum Gasteiger partial charge on any atom is -0.494 e. The molecule has 0 spiro atoms. The third-order valence-corrected chi connectivity index (χ3v) is 6.96. The van der Waals surface area contributed by atoms with E-state index in [9.17, 15) is 19.6 Å². The summed E-state index contributed by atoms with van der Waals surface area (Å²) in [5.74, 6) is -0.512. The second kappa shape index (κ2) is 12.6. The highest BCUT2D eigenvalue weighted by atomic mass is 16.5. The van der Waals surface area contributed by atoms with E-state index in [2.05, 4.69) is 42.3 Å². The minimum atomic E-state index is -0.480. The number of anilines is 3. The van der Waals surface area contributed by atoms with E-state index in [1.807, 2.05) is 6.07 Å². The van der Waals surface area contributed by atoms with Crippen LogP contribution in [0.3, 0.4) is 0 Å². The molecule has 1 saturated carbocycles. The van der Waals surface area contributed by atoms with Crippen molar-refractivity contribution < 1.29 is 19.1 Å². The van der Waals surface area contributed by atoms with E-state index in [0.29, 0.717) is 28.3 Å². The van der Waals surface area contributed by atoms with Crippen LogP contribution in [0, 0.1) is 17.2 Å². The molecule has 1 aromatic carbocycles. The Morgan fingerprint density at radius 1 is 1.14 bits per heavy atom. The van der Waals surface area contributed by atoms with Gasteiger partial charge in [0.2, 0.25) is 5.91 Å². The zero-order chi connectivity index (χ0) is 31.4. The van der Waals surface area contributed by atoms with E-state index in [4.69, 9.17) is 4.74 Å². The number of aromatic nitrogens is 5. The van der Waals surface area contributed by atoms with Crippen molar-refractivity contribution in [2.24, 2.45) is 13.0 Å². The van der Waals surface area contributed by atoms with Crippen LogP contribution in [0.2, 0.25) is 0 Å². The molecule has 44 heavy (non-hydrogen) atoms. The van der Waals surface area contributed by atoms with Crippen molar-refractivity contribution in [2.45, 2.75) is 19.4 Å². The van der Waals surface area contributed by atoms with Crippen LogP contribution in [0.4, 0.5) is 17.2 Å². The molecule has 0 unspecified atom stereocenters. The zero-order valence-corrected chi connectivity index (χ0v) is 24.6. The Balaban J connectivity index is 1.45. The molecule has 14 nitrogen and oxygen atoms in total. The molecule has 0 atom stereocenters. The summed E-state index contributed by atoms with van der Waals surface area (Å²) >= 11 is 0. The Morgan fingerprint density at radius 3 is 2.59 bits per heavy atom. The first-order valence-electron chi connectivity index (χ1n) is 13.7. The van der Waals surface area contributed by atoms with Gasteiger partial charge >= 0.3 is 0 Å². The second-order valence-electron chi connectivity index (χ2n) is 10.2. The fraction of sp³-hybridized carbons (Fsp3) is 0.267. The maximum Gasteiger partial charge on any atom is 0.273 e. The summed E-state index contributed by atoms with van der Waals surface area (Å²) < 4.78 is 7.41. The highest BCUT2D eigenvalue weighted by molar-refractivity contribution is 6.00. The van der Waals surface area contributed by atoms with Gasteiger partial charge in [0.15, 0.2) is 11.5 Å². The average molecular weight is 595 g/mol. The molecule has 0 aliphatic heterocycles. The number of nitriles is 1. The molecule has 0 saturated heterocycles. The number of amides is 3. The highest BCUT2D eigenvalue weighted by Crippen LogP contribution is 2.39. The van der Waals surface area contributed by atoms with Gasteiger partial charge in [0.25, 0.3) is 11.8 Å². The van der Waals surface area contributed by atoms with Crippen LogP contribution < -0.4 is 20.7 Å². The third kappa shape index (κ3) is 6.31. The van der Waals surface area contributed by atoms with Gasteiger partial charge in [-0.25, -0.2) is 4.98 Å². The standard InChI is InChI=1S/C30H30N10O4/c1-32-29(42)26-23(13-24(36-37-26)35-28(41)17-8-9-17)34-22-7-5-6-21(27(22)44-4)19-12-18(14-31)25(33-15-19)30(43)39(2)16-20-10-11-40(3)38-20/h5-7,10-13,15,17H,8-9,16H2,1-4H3,(H,32,42)(H2,34,35,36,41). The van der Waals surface area contributed by atoms with E-state index in [0.717, 1.165) is 12.8 Å². The predicted molar refractivity (Wildman–Crippen MR) is 160 cm³/mol. The lowest BCUT2D eigenvalue weighted by molar-refractivity contribution is -0.117. The number of methoxy groups -OCH3 is 1.